The predicted molar refractivity (Wildman–Crippen MR) is 66.3 cm³/mol. The van der Waals surface area contributed by atoms with Gasteiger partial charge in [-0.1, -0.05) is 29.8 Å². The van der Waals surface area contributed by atoms with Gasteiger partial charge in [0.15, 0.2) is 11.5 Å². The van der Waals surface area contributed by atoms with Gasteiger partial charge in [0, 0.05) is 5.56 Å². The molecule has 3 heteroatoms. The lowest BCUT2D eigenvalue weighted by Gasteiger charge is -2.11. The third-order valence-electron chi connectivity index (χ3n) is 2.84. The van der Waals surface area contributed by atoms with Crippen LogP contribution in [0.4, 0.5) is 0 Å². The van der Waals surface area contributed by atoms with Gasteiger partial charge in [-0.25, -0.2) is 0 Å². The van der Waals surface area contributed by atoms with E-state index in [9.17, 15) is 15.3 Å². The molecule has 0 atom stereocenters. The average molecular weight is 230 g/mol. The van der Waals surface area contributed by atoms with Gasteiger partial charge < -0.3 is 15.3 Å². The standard InChI is InChI=1S/C14H14O3/c1-8-4-3-5-10(6-8)11-7-12(15)14(17)13(16)9(11)2/h3-7,15-17H,1-2H3. The first kappa shape index (κ1) is 11.3. The molecule has 0 fully saturated rings. The Labute approximate surface area is 99.6 Å². The number of aryl methyl sites for hydroxylation is 1. The van der Waals surface area contributed by atoms with Crippen LogP contribution in [0.3, 0.4) is 0 Å². The summed E-state index contributed by atoms with van der Waals surface area (Å²) in [5.41, 5.74) is 3.24. The van der Waals surface area contributed by atoms with Gasteiger partial charge in [-0.3, -0.25) is 0 Å². The van der Waals surface area contributed by atoms with Gasteiger partial charge in [-0.15, -0.1) is 0 Å². The lowest BCUT2D eigenvalue weighted by atomic mass is 9.97. The normalized spacial score (nSPS) is 10.5. The summed E-state index contributed by atoms with van der Waals surface area (Å²) in [7, 11) is 0. The Bertz CT molecular complexity index is 574. The van der Waals surface area contributed by atoms with Crippen LogP contribution >= 0.6 is 0 Å². The third kappa shape index (κ3) is 1.91. The summed E-state index contributed by atoms with van der Waals surface area (Å²) < 4.78 is 0. The highest BCUT2D eigenvalue weighted by Gasteiger charge is 2.14. The molecule has 0 spiro atoms. The maximum absolute atomic E-state index is 9.69. The minimum absolute atomic E-state index is 0.276. The molecule has 2 rings (SSSR count). The topological polar surface area (TPSA) is 60.7 Å². The minimum atomic E-state index is -0.473. The molecule has 0 saturated carbocycles. The van der Waals surface area contributed by atoms with Crippen LogP contribution in [-0.2, 0) is 0 Å². The Morgan fingerprint density at radius 3 is 2.24 bits per heavy atom. The Morgan fingerprint density at radius 1 is 0.882 bits per heavy atom. The second-order valence-electron chi connectivity index (χ2n) is 4.13. The van der Waals surface area contributed by atoms with Crippen LogP contribution < -0.4 is 0 Å². The van der Waals surface area contributed by atoms with Crippen LogP contribution in [0.5, 0.6) is 17.2 Å². The van der Waals surface area contributed by atoms with Gasteiger partial charge in [-0.05, 0) is 31.0 Å². The summed E-state index contributed by atoms with van der Waals surface area (Å²) in [5, 5.41) is 28.6. The van der Waals surface area contributed by atoms with Crippen LogP contribution in [0.2, 0.25) is 0 Å². The number of phenols is 3. The van der Waals surface area contributed by atoms with Crippen molar-refractivity contribution < 1.29 is 15.3 Å². The molecule has 0 aliphatic rings. The van der Waals surface area contributed by atoms with E-state index in [1.54, 1.807) is 6.92 Å². The third-order valence-corrected chi connectivity index (χ3v) is 2.84. The van der Waals surface area contributed by atoms with E-state index in [-0.39, 0.29) is 11.5 Å². The molecule has 17 heavy (non-hydrogen) atoms. The Hall–Kier alpha value is -2.16. The lowest BCUT2D eigenvalue weighted by Crippen LogP contribution is -1.86. The summed E-state index contributed by atoms with van der Waals surface area (Å²) in [6.07, 6.45) is 0. The molecular weight excluding hydrogens is 216 g/mol. The largest absolute Gasteiger partial charge is 0.504 e. The van der Waals surface area contributed by atoms with E-state index in [2.05, 4.69) is 0 Å². The SMILES string of the molecule is Cc1cccc(-c2cc(O)c(O)c(O)c2C)c1. The summed E-state index contributed by atoms with van der Waals surface area (Å²) in [6.45, 7) is 3.67. The van der Waals surface area contributed by atoms with Crippen molar-refractivity contribution in [3.63, 3.8) is 0 Å². The fourth-order valence-corrected chi connectivity index (χ4v) is 1.85. The first-order valence-corrected chi connectivity index (χ1v) is 5.32. The van der Waals surface area contributed by atoms with Crippen molar-refractivity contribution in [2.24, 2.45) is 0 Å². The second kappa shape index (κ2) is 4.01. The number of hydrogen-bond donors (Lipinski definition) is 3. The molecule has 2 aromatic rings. The predicted octanol–water partition coefficient (Wildman–Crippen LogP) is 3.09. The zero-order chi connectivity index (χ0) is 12.6. The zero-order valence-electron chi connectivity index (χ0n) is 9.73. The number of rotatable bonds is 1. The van der Waals surface area contributed by atoms with Gasteiger partial charge in [0.1, 0.15) is 0 Å². The molecule has 88 valence electrons. The average Bonchev–Trinajstić information content (AvgIpc) is 2.31. The summed E-state index contributed by atoms with van der Waals surface area (Å²) in [5.74, 6) is -1.06. The molecule has 2 aromatic carbocycles. The monoisotopic (exact) mass is 230 g/mol. The minimum Gasteiger partial charge on any atom is -0.504 e. The number of benzene rings is 2. The molecule has 0 aromatic heterocycles. The summed E-state index contributed by atoms with van der Waals surface area (Å²) >= 11 is 0. The van der Waals surface area contributed by atoms with Gasteiger partial charge in [-0.2, -0.15) is 0 Å². The maximum atomic E-state index is 9.69. The van der Waals surface area contributed by atoms with E-state index in [0.717, 1.165) is 11.1 Å². The van der Waals surface area contributed by atoms with Crippen molar-refractivity contribution in [1.29, 1.82) is 0 Å². The fraction of sp³-hybridized carbons (Fsp3) is 0.143. The lowest BCUT2D eigenvalue weighted by molar-refractivity contribution is 0.366. The van der Waals surface area contributed by atoms with Crippen LogP contribution in [0.15, 0.2) is 30.3 Å². The number of aromatic hydroxyl groups is 3. The highest BCUT2D eigenvalue weighted by Crippen LogP contribution is 2.42. The van der Waals surface area contributed by atoms with Crippen LogP contribution in [-0.4, -0.2) is 15.3 Å². The van der Waals surface area contributed by atoms with Crippen molar-refractivity contribution in [3.8, 4) is 28.4 Å². The molecule has 0 aliphatic heterocycles. The molecule has 3 N–H and O–H groups in total. The van der Waals surface area contributed by atoms with Crippen LogP contribution in [0.1, 0.15) is 11.1 Å². The van der Waals surface area contributed by atoms with Crippen molar-refractivity contribution in [2.75, 3.05) is 0 Å². The van der Waals surface area contributed by atoms with Crippen molar-refractivity contribution in [2.45, 2.75) is 13.8 Å². The van der Waals surface area contributed by atoms with Gasteiger partial charge in [0.25, 0.3) is 0 Å². The molecule has 3 nitrogen and oxygen atoms in total. The Balaban J connectivity index is 2.68. The first-order valence-electron chi connectivity index (χ1n) is 5.32. The van der Waals surface area contributed by atoms with Crippen molar-refractivity contribution in [1.82, 2.24) is 0 Å². The molecule has 0 unspecified atom stereocenters. The fourth-order valence-electron chi connectivity index (χ4n) is 1.85. The van der Waals surface area contributed by atoms with E-state index < -0.39 is 5.75 Å². The van der Waals surface area contributed by atoms with Gasteiger partial charge in [0.2, 0.25) is 5.75 Å². The molecule has 0 saturated heterocycles. The molecule has 0 amide bonds. The highest BCUT2D eigenvalue weighted by atomic mass is 16.3. The molecule has 0 bridgehead atoms. The van der Waals surface area contributed by atoms with E-state index in [4.69, 9.17) is 0 Å². The Kier molecular flexibility index (Phi) is 2.68. The highest BCUT2D eigenvalue weighted by molar-refractivity contribution is 5.75. The quantitative estimate of drug-likeness (QED) is 0.660. The number of hydrogen-bond acceptors (Lipinski definition) is 3. The Morgan fingerprint density at radius 2 is 1.59 bits per heavy atom. The van der Waals surface area contributed by atoms with Gasteiger partial charge >= 0.3 is 0 Å². The summed E-state index contributed by atoms with van der Waals surface area (Å²) in [6, 6.07) is 9.19. The van der Waals surface area contributed by atoms with Crippen LogP contribution in [0, 0.1) is 13.8 Å². The molecule has 0 heterocycles. The van der Waals surface area contributed by atoms with E-state index in [1.165, 1.54) is 6.07 Å². The van der Waals surface area contributed by atoms with Crippen molar-refractivity contribution in [3.05, 3.63) is 41.5 Å². The number of phenolic OH excluding ortho intramolecular Hbond substituents is 3. The first-order chi connectivity index (χ1) is 8.00. The zero-order valence-corrected chi connectivity index (χ0v) is 9.73. The molecular formula is C14H14O3. The van der Waals surface area contributed by atoms with Gasteiger partial charge in [0.05, 0.1) is 0 Å². The maximum Gasteiger partial charge on any atom is 0.200 e. The molecule has 0 aliphatic carbocycles. The smallest absolute Gasteiger partial charge is 0.200 e. The summed E-state index contributed by atoms with van der Waals surface area (Å²) in [4.78, 5) is 0. The van der Waals surface area contributed by atoms with Crippen molar-refractivity contribution >= 4 is 0 Å². The molecule has 0 radical (unpaired) electrons. The van der Waals surface area contributed by atoms with E-state index in [0.29, 0.717) is 11.1 Å². The van der Waals surface area contributed by atoms with Crippen LogP contribution in [0.25, 0.3) is 11.1 Å². The van der Waals surface area contributed by atoms with E-state index in [1.807, 2.05) is 31.2 Å². The van der Waals surface area contributed by atoms with E-state index >= 15 is 0 Å². The second-order valence-corrected chi connectivity index (χ2v) is 4.13.